The highest BCUT2D eigenvalue weighted by molar-refractivity contribution is 5.29. The van der Waals surface area contributed by atoms with Crippen molar-refractivity contribution in [2.45, 2.75) is 37.9 Å². The van der Waals surface area contributed by atoms with Crippen LogP contribution >= 0.6 is 0 Å². The number of hydrogen-bond donors (Lipinski definition) is 0. The SMILES string of the molecule is C=C1CCCN1C1CCN(c2noc(C(F)(F)F)n2)CC1. The van der Waals surface area contributed by atoms with E-state index < -0.39 is 12.1 Å². The molecule has 0 unspecified atom stereocenters. The van der Waals surface area contributed by atoms with Gasteiger partial charge in [-0.25, -0.2) is 0 Å². The van der Waals surface area contributed by atoms with Crippen LogP contribution in [0.3, 0.4) is 0 Å². The minimum atomic E-state index is -4.59. The van der Waals surface area contributed by atoms with Crippen LogP contribution in [0.1, 0.15) is 31.6 Å². The fourth-order valence-electron chi connectivity index (χ4n) is 3.03. The molecule has 2 fully saturated rings. The Morgan fingerprint density at radius 1 is 1.19 bits per heavy atom. The van der Waals surface area contributed by atoms with Crippen molar-refractivity contribution >= 4 is 5.95 Å². The third-order valence-corrected chi connectivity index (χ3v) is 4.12. The molecule has 1 aromatic heterocycles. The van der Waals surface area contributed by atoms with E-state index in [4.69, 9.17) is 0 Å². The smallest absolute Gasteiger partial charge is 0.372 e. The first-order valence-electron chi connectivity index (χ1n) is 7.05. The van der Waals surface area contributed by atoms with Gasteiger partial charge < -0.3 is 14.3 Å². The molecule has 2 aliphatic heterocycles. The third-order valence-electron chi connectivity index (χ3n) is 4.12. The largest absolute Gasteiger partial charge is 0.471 e. The van der Waals surface area contributed by atoms with E-state index in [-0.39, 0.29) is 5.95 Å². The van der Waals surface area contributed by atoms with Crippen LogP contribution in [0.15, 0.2) is 16.8 Å². The molecule has 0 radical (unpaired) electrons. The van der Waals surface area contributed by atoms with Crippen molar-refractivity contribution in [2.75, 3.05) is 24.5 Å². The zero-order valence-electron chi connectivity index (χ0n) is 11.6. The molecule has 8 heteroatoms. The molecule has 2 saturated heterocycles. The van der Waals surface area contributed by atoms with Gasteiger partial charge in [-0.05, 0) is 30.8 Å². The third kappa shape index (κ3) is 2.84. The predicted octanol–water partition coefficient (Wildman–Crippen LogP) is 2.67. The monoisotopic (exact) mass is 302 g/mol. The molecule has 5 nitrogen and oxygen atoms in total. The summed E-state index contributed by atoms with van der Waals surface area (Å²) in [5.74, 6) is -1.26. The number of likely N-dealkylation sites (tertiary alicyclic amines) is 1. The van der Waals surface area contributed by atoms with Crippen LogP contribution in [-0.4, -0.2) is 40.7 Å². The minimum absolute atomic E-state index is 0.0287. The number of rotatable bonds is 2. The Morgan fingerprint density at radius 2 is 1.90 bits per heavy atom. The Morgan fingerprint density at radius 3 is 2.43 bits per heavy atom. The lowest BCUT2D eigenvalue weighted by Crippen LogP contribution is -2.43. The number of alkyl halides is 3. The second kappa shape index (κ2) is 5.23. The molecule has 0 spiro atoms. The average molecular weight is 302 g/mol. The highest BCUT2D eigenvalue weighted by Crippen LogP contribution is 2.31. The van der Waals surface area contributed by atoms with E-state index in [9.17, 15) is 13.2 Å². The van der Waals surface area contributed by atoms with Crippen LogP contribution in [0.4, 0.5) is 19.1 Å². The molecule has 0 aliphatic carbocycles. The Kier molecular flexibility index (Phi) is 3.54. The van der Waals surface area contributed by atoms with E-state index in [1.165, 1.54) is 5.70 Å². The van der Waals surface area contributed by atoms with Crippen molar-refractivity contribution in [1.29, 1.82) is 0 Å². The molecule has 1 aromatic rings. The first kappa shape index (κ1) is 14.2. The lowest BCUT2D eigenvalue weighted by molar-refractivity contribution is -0.159. The van der Waals surface area contributed by atoms with Crippen molar-refractivity contribution in [1.82, 2.24) is 15.0 Å². The van der Waals surface area contributed by atoms with E-state index in [1.54, 1.807) is 4.90 Å². The fraction of sp³-hybridized carbons (Fsp3) is 0.692. The van der Waals surface area contributed by atoms with Crippen LogP contribution in [0, 0.1) is 0 Å². The predicted molar refractivity (Wildman–Crippen MR) is 69.6 cm³/mol. The van der Waals surface area contributed by atoms with Gasteiger partial charge in [0.1, 0.15) is 0 Å². The van der Waals surface area contributed by atoms with E-state index >= 15 is 0 Å². The Balaban J connectivity index is 1.61. The maximum Gasteiger partial charge on any atom is 0.471 e. The number of halogens is 3. The topological polar surface area (TPSA) is 45.4 Å². The van der Waals surface area contributed by atoms with Crippen molar-refractivity contribution < 1.29 is 17.7 Å². The van der Waals surface area contributed by atoms with Gasteiger partial charge in [0.25, 0.3) is 5.95 Å². The summed E-state index contributed by atoms with van der Waals surface area (Å²) < 4.78 is 41.6. The molecule has 21 heavy (non-hydrogen) atoms. The van der Waals surface area contributed by atoms with E-state index in [0.29, 0.717) is 19.1 Å². The summed E-state index contributed by atoms with van der Waals surface area (Å²) in [5.41, 5.74) is 1.17. The van der Waals surface area contributed by atoms with Crippen molar-refractivity contribution in [3.63, 3.8) is 0 Å². The van der Waals surface area contributed by atoms with E-state index in [0.717, 1.165) is 32.2 Å². The van der Waals surface area contributed by atoms with Gasteiger partial charge >= 0.3 is 12.1 Å². The van der Waals surface area contributed by atoms with Gasteiger partial charge in [0.15, 0.2) is 0 Å². The number of allylic oxidation sites excluding steroid dienone is 1. The molecule has 0 aromatic carbocycles. The zero-order chi connectivity index (χ0) is 15.0. The Labute approximate surface area is 120 Å². The Hall–Kier alpha value is -1.73. The van der Waals surface area contributed by atoms with Crippen LogP contribution in [0.2, 0.25) is 0 Å². The van der Waals surface area contributed by atoms with Gasteiger partial charge in [-0.2, -0.15) is 18.2 Å². The highest BCUT2D eigenvalue weighted by atomic mass is 19.4. The maximum atomic E-state index is 12.4. The molecule has 116 valence electrons. The molecule has 0 N–H and O–H groups in total. The summed E-state index contributed by atoms with van der Waals surface area (Å²) in [6, 6.07) is 0.422. The summed E-state index contributed by atoms with van der Waals surface area (Å²) in [4.78, 5) is 7.51. The molecule has 3 rings (SSSR count). The van der Waals surface area contributed by atoms with Crippen LogP contribution in [-0.2, 0) is 6.18 Å². The number of aromatic nitrogens is 2. The molecular formula is C13H17F3N4O. The molecule has 3 heterocycles. The molecule has 0 saturated carbocycles. The van der Waals surface area contributed by atoms with Crippen molar-refractivity contribution in [3.05, 3.63) is 18.2 Å². The summed E-state index contributed by atoms with van der Waals surface area (Å²) in [5, 5.41) is 3.43. The van der Waals surface area contributed by atoms with Crippen LogP contribution < -0.4 is 4.90 Å². The van der Waals surface area contributed by atoms with Gasteiger partial charge in [-0.15, -0.1) is 0 Å². The number of nitrogens with zero attached hydrogens (tertiary/aromatic N) is 4. The van der Waals surface area contributed by atoms with Gasteiger partial charge in [-0.1, -0.05) is 6.58 Å². The molecule has 0 bridgehead atoms. The number of piperidine rings is 1. The normalized spacial score (nSPS) is 21.4. The summed E-state index contributed by atoms with van der Waals surface area (Å²) in [6.45, 7) is 6.36. The van der Waals surface area contributed by atoms with Gasteiger partial charge in [0.2, 0.25) is 0 Å². The summed E-state index contributed by atoms with van der Waals surface area (Å²) in [7, 11) is 0. The summed E-state index contributed by atoms with van der Waals surface area (Å²) >= 11 is 0. The lowest BCUT2D eigenvalue weighted by Gasteiger charge is -2.37. The quantitative estimate of drug-likeness (QED) is 0.840. The van der Waals surface area contributed by atoms with E-state index in [1.807, 2.05) is 0 Å². The number of anilines is 1. The standard InChI is InChI=1S/C13H17F3N4O/c1-9-3-2-6-20(9)10-4-7-19(8-5-10)12-17-11(21-18-12)13(14,15)16/h10H,1-8H2. The molecule has 0 amide bonds. The van der Waals surface area contributed by atoms with Crippen molar-refractivity contribution in [3.8, 4) is 0 Å². The maximum absolute atomic E-state index is 12.4. The van der Waals surface area contributed by atoms with Crippen LogP contribution in [0.5, 0.6) is 0 Å². The van der Waals surface area contributed by atoms with E-state index in [2.05, 4.69) is 26.1 Å². The first-order valence-corrected chi connectivity index (χ1v) is 7.05. The minimum Gasteiger partial charge on any atom is -0.372 e. The molecule has 0 atom stereocenters. The van der Waals surface area contributed by atoms with Gasteiger partial charge in [0.05, 0.1) is 0 Å². The van der Waals surface area contributed by atoms with Gasteiger partial charge in [-0.3, -0.25) is 0 Å². The second-order valence-electron chi connectivity index (χ2n) is 5.48. The first-order chi connectivity index (χ1) is 9.95. The van der Waals surface area contributed by atoms with Crippen LogP contribution in [0.25, 0.3) is 0 Å². The highest BCUT2D eigenvalue weighted by Gasteiger charge is 2.39. The second-order valence-corrected chi connectivity index (χ2v) is 5.48. The fourth-order valence-corrected chi connectivity index (χ4v) is 3.03. The Bertz CT molecular complexity index is 520. The zero-order valence-corrected chi connectivity index (χ0v) is 11.6. The van der Waals surface area contributed by atoms with Gasteiger partial charge in [0, 0.05) is 31.4 Å². The van der Waals surface area contributed by atoms with Crippen molar-refractivity contribution in [2.24, 2.45) is 0 Å². The molecular weight excluding hydrogens is 285 g/mol. The average Bonchev–Trinajstić information content (AvgIpc) is 3.07. The lowest BCUT2D eigenvalue weighted by atomic mass is 10.0. The number of hydrogen-bond acceptors (Lipinski definition) is 5. The summed E-state index contributed by atoms with van der Waals surface area (Å²) in [6.07, 6.45) is -0.667. The molecule has 2 aliphatic rings.